The smallest absolute Gasteiger partial charge is 0.0349 e. The van der Waals surface area contributed by atoms with Gasteiger partial charge in [-0.15, -0.1) is 0 Å². The molecule has 1 nitrogen and oxygen atoms in total. The molecule has 0 bridgehead atoms. The Morgan fingerprint density at radius 1 is 1.29 bits per heavy atom. The highest BCUT2D eigenvalue weighted by molar-refractivity contribution is 5.54. The minimum Gasteiger partial charge on any atom is -0.398 e. The van der Waals surface area contributed by atoms with Gasteiger partial charge in [0.15, 0.2) is 0 Å². The van der Waals surface area contributed by atoms with Gasteiger partial charge in [-0.05, 0) is 41.4 Å². The Morgan fingerprint density at radius 2 is 2.00 bits per heavy atom. The first-order valence-electron chi connectivity index (χ1n) is 5.37. The summed E-state index contributed by atoms with van der Waals surface area (Å²) in [7, 11) is 0. The highest BCUT2D eigenvalue weighted by Crippen LogP contribution is 2.46. The van der Waals surface area contributed by atoms with E-state index in [1.807, 2.05) is 6.07 Å². The summed E-state index contributed by atoms with van der Waals surface area (Å²) in [5.74, 6) is 0.681. The second kappa shape index (κ2) is 3.01. The summed E-state index contributed by atoms with van der Waals surface area (Å²) < 4.78 is 0. The highest BCUT2D eigenvalue weighted by Gasteiger charge is 2.32. The van der Waals surface area contributed by atoms with Crippen molar-refractivity contribution >= 4 is 5.69 Å². The van der Waals surface area contributed by atoms with E-state index in [-0.39, 0.29) is 0 Å². The number of fused-ring (bicyclic) bond motifs is 1. The van der Waals surface area contributed by atoms with Crippen LogP contribution < -0.4 is 5.73 Å². The van der Waals surface area contributed by atoms with Crippen molar-refractivity contribution in [2.24, 2.45) is 5.41 Å². The summed E-state index contributed by atoms with van der Waals surface area (Å²) >= 11 is 0. The Morgan fingerprint density at radius 3 is 2.64 bits per heavy atom. The molecule has 0 heterocycles. The van der Waals surface area contributed by atoms with Gasteiger partial charge in [0.25, 0.3) is 0 Å². The van der Waals surface area contributed by atoms with Crippen LogP contribution in [0.4, 0.5) is 5.69 Å². The number of rotatable bonds is 0. The zero-order valence-electron chi connectivity index (χ0n) is 9.30. The molecule has 1 atom stereocenters. The molecule has 2 rings (SSSR count). The molecule has 14 heavy (non-hydrogen) atoms. The summed E-state index contributed by atoms with van der Waals surface area (Å²) in [4.78, 5) is 0. The van der Waals surface area contributed by atoms with E-state index >= 15 is 0 Å². The first kappa shape index (κ1) is 9.57. The lowest BCUT2D eigenvalue weighted by molar-refractivity contribution is 0.319. The van der Waals surface area contributed by atoms with Crippen LogP contribution in [-0.4, -0.2) is 0 Å². The van der Waals surface area contributed by atoms with Gasteiger partial charge in [-0.2, -0.15) is 0 Å². The molecular formula is C13H19N. The molecule has 1 aromatic rings. The Hall–Kier alpha value is -0.980. The molecule has 1 heteroatoms. The van der Waals surface area contributed by atoms with Gasteiger partial charge in [0, 0.05) is 5.69 Å². The third kappa shape index (κ3) is 1.41. The fraction of sp³-hybridized carbons (Fsp3) is 0.538. The van der Waals surface area contributed by atoms with E-state index < -0.39 is 0 Å². The van der Waals surface area contributed by atoms with Crippen molar-refractivity contribution < 1.29 is 0 Å². The largest absolute Gasteiger partial charge is 0.398 e. The minimum absolute atomic E-state index is 0.360. The Kier molecular flexibility index (Phi) is 2.06. The third-order valence-electron chi connectivity index (χ3n) is 3.35. The van der Waals surface area contributed by atoms with Gasteiger partial charge in [0.05, 0.1) is 0 Å². The van der Waals surface area contributed by atoms with Crippen LogP contribution in [0.5, 0.6) is 0 Å². The van der Waals surface area contributed by atoms with Crippen molar-refractivity contribution in [1.82, 2.24) is 0 Å². The second-order valence-corrected chi connectivity index (χ2v) is 5.37. The van der Waals surface area contributed by atoms with Crippen LogP contribution in [0, 0.1) is 5.41 Å². The van der Waals surface area contributed by atoms with E-state index in [0.717, 1.165) is 12.1 Å². The van der Waals surface area contributed by atoms with Crippen LogP contribution in [0.15, 0.2) is 18.2 Å². The first-order chi connectivity index (χ1) is 6.50. The van der Waals surface area contributed by atoms with Crippen molar-refractivity contribution in [3.63, 3.8) is 0 Å². The molecule has 0 aromatic heterocycles. The average molecular weight is 189 g/mol. The summed E-state index contributed by atoms with van der Waals surface area (Å²) in [6.45, 7) is 6.95. The molecular weight excluding hydrogens is 170 g/mol. The molecule has 0 amide bonds. The van der Waals surface area contributed by atoms with Crippen LogP contribution in [-0.2, 0) is 6.42 Å². The number of hydrogen-bond donors (Lipinski definition) is 1. The Labute approximate surface area is 86.3 Å². The van der Waals surface area contributed by atoms with E-state index in [4.69, 9.17) is 5.73 Å². The molecule has 0 radical (unpaired) electrons. The molecule has 1 aliphatic carbocycles. The summed E-state index contributed by atoms with van der Waals surface area (Å²) in [5, 5.41) is 0. The maximum absolute atomic E-state index is 5.98. The topological polar surface area (TPSA) is 26.0 Å². The van der Waals surface area contributed by atoms with Crippen LogP contribution in [0.1, 0.15) is 44.2 Å². The molecule has 1 aliphatic rings. The fourth-order valence-electron chi connectivity index (χ4n) is 2.58. The molecule has 0 saturated carbocycles. The fourth-order valence-corrected chi connectivity index (χ4v) is 2.58. The zero-order chi connectivity index (χ0) is 10.3. The maximum atomic E-state index is 5.98. The van der Waals surface area contributed by atoms with Crippen molar-refractivity contribution in [3.8, 4) is 0 Å². The predicted molar refractivity (Wildman–Crippen MR) is 61.4 cm³/mol. The van der Waals surface area contributed by atoms with Crippen LogP contribution in [0.25, 0.3) is 0 Å². The van der Waals surface area contributed by atoms with Gasteiger partial charge in [-0.1, -0.05) is 32.9 Å². The van der Waals surface area contributed by atoms with Crippen LogP contribution in [0.3, 0.4) is 0 Å². The van der Waals surface area contributed by atoms with Gasteiger partial charge in [-0.25, -0.2) is 0 Å². The Balaban J connectivity index is 2.45. The molecule has 0 unspecified atom stereocenters. The number of nitrogens with two attached hydrogens (primary N) is 1. The molecule has 1 aromatic carbocycles. The highest BCUT2D eigenvalue weighted by atomic mass is 14.6. The van der Waals surface area contributed by atoms with Gasteiger partial charge in [0.2, 0.25) is 0 Å². The SMILES string of the molecule is CC(C)(C)[C@H]1CCc2c(N)cccc21. The van der Waals surface area contributed by atoms with Gasteiger partial charge in [-0.3, -0.25) is 0 Å². The van der Waals surface area contributed by atoms with Crippen LogP contribution in [0.2, 0.25) is 0 Å². The van der Waals surface area contributed by atoms with Gasteiger partial charge >= 0.3 is 0 Å². The normalized spacial score (nSPS) is 20.9. The first-order valence-corrected chi connectivity index (χ1v) is 5.37. The van der Waals surface area contributed by atoms with Crippen molar-refractivity contribution in [1.29, 1.82) is 0 Å². The zero-order valence-corrected chi connectivity index (χ0v) is 9.30. The average Bonchev–Trinajstić information content (AvgIpc) is 2.47. The minimum atomic E-state index is 0.360. The van der Waals surface area contributed by atoms with Crippen molar-refractivity contribution in [2.45, 2.75) is 39.5 Å². The lowest BCUT2D eigenvalue weighted by atomic mass is 9.77. The third-order valence-corrected chi connectivity index (χ3v) is 3.35. The number of hydrogen-bond acceptors (Lipinski definition) is 1. The summed E-state index contributed by atoms with van der Waals surface area (Å²) in [6, 6.07) is 6.34. The summed E-state index contributed by atoms with van der Waals surface area (Å²) in [5.41, 5.74) is 10.2. The van der Waals surface area contributed by atoms with Gasteiger partial charge in [0.1, 0.15) is 0 Å². The molecule has 76 valence electrons. The number of anilines is 1. The molecule has 0 aliphatic heterocycles. The number of nitrogen functional groups attached to an aromatic ring is 1. The Bertz CT molecular complexity index is 347. The standard InChI is InChI=1S/C13H19N/c1-13(2,3)11-8-7-10-9(11)5-4-6-12(10)14/h4-6,11H,7-8,14H2,1-3H3/t11-/m0/s1. The number of benzene rings is 1. The van der Waals surface area contributed by atoms with Crippen molar-refractivity contribution in [2.75, 3.05) is 5.73 Å². The van der Waals surface area contributed by atoms with Crippen LogP contribution >= 0.6 is 0 Å². The van der Waals surface area contributed by atoms with Gasteiger partial charge < -0.3 is 5.73 Å². The quantitative estimate of drug-likeness (QED) is 0.622. The molecule has 0 fully saturated rings. The molecule has 2 N–H and O–H groups in total. The maximum Gasteiger partial charge on any atom is 0.0349 e. The van der Waals surface area contributed by atoms with E-state index in [1.54, 1.807) is 0 Å². The van der Waals surface area contributed by atoms with E-state index in [2.05, 4.69) is 32.9 Å². The molecule has 0 spiro atoms. The van der Waals surface area contributed by atoms with E-state index in [1.165, 1.54) is 17.5 Å². The van der Waals surface area contributed by atoms with Crippen molar-refractivity contribution in [3.05, 3.63) is 29.3 Å². The lowest BCUT2D eigenvalue weighted by Gasteiger charge is -2.27. The second-order valence-electron chi connectivity index (χ2n) is 5.37. The van der Waals surface area contributed by atoms with E-state index in [9.17, 15) is 0 Å². The lowest BCUT2D eigenvalue weighted by Crippen LogP contribution is -2.15. The molecule has 0 saturated heterocycles. The summed E-state index contributed by atoms with van der Waals surface area (Å²) in [6.07, 6.45) is 2.41. The predicted octanol–water partition coefficient (Wildman–Crippen LogP) is 3.34. The monoisotopic (exact) mass is 189 g/mol. The van der Waals surface area contributed by atoms with E-state index in [0.29, 0.717) is 11.3 Å².